The van der Waals surface area contributed by atoms with Crippen LogP contribution in [0.25, 0.3) is 22.2 Å². The third-order valence-electron chi connectivity index (χ3n) is 4.55. The Morgan fingerprint density at radius 3 is 2.57 bits per heavy atom. The van der Waals surface area contributed by atoms with Gasteiger partial charge in [0, 0.05) is 35.1 Å². The molecule has 0 spiro atoms. The molecule has 2 heterocycles. The third kappa shape index (κ3) is 3.57. The van der Waals surface area contributed by atoms with E-state index in [2.05, 4.69) is 15.3 Å². The van der Waals surface area contributed by atoms with E-state index >= 15 is 0 Å². The van der Waals surface area contributed by atoms with Crippen LogP contribution in [-0.4, -0.2) is 23.0 Å². The van der Waals surface area contributed by atoms with Crippen molar-refractivity contribution < 1.29 is 13.9 Å². The molecule has 0 aliphatic rings. The maximum atomic E-state index is 13.4. The molecule has 4 aromatic rings. The molecule has 2 N–H and O–H groups in total. The number of benzene rings is 2. The summed E-state index contributed by atoms with van der Waals surface area (Å²) in [5, 5.41) is 3.80. The average molecular weight is 375 g/mol. The Balaban J connectivity index is 1.74. The van der Waals surface area contributed by atoms with Crippen LogP contribution in [0.1, 0.15) is 5.56 Å². The van der Waals surface area contributed by atoms with E-state index in [4.69, 9.17) is 4.74 Å². The van der Waals surface area contributed by atoms with Crippen LogP contribution in [0.3, 0.4) is 0 Å². The maximum absolute atomic E-state index is 13.4. The van der Waals surface area contributed by atoms with Crippen molar-refractivity contribution in [3.05, 3.63) is 78.4 Å². The van der Waals surface area contributed by atoms with E-state index in [-0.39, 0.29) is 18.1 Å². The number of hydrogen-bond acceptors (Lipinski definition) is 3. The molecule has 0 saturated heterocycles. The van der Waals surface area contributed by atoms with Gasteiger partial charge in [-0.05, 0) is 59.7 Å². The molecule has 0 fully saturated rings. The van der Waals surface area contributed by atoms with Gasteiger partial charge in [-0.15, -0.1) is 0 Å². The summed E-state index contributed by atoms with van der Waals surface area (Å²) < 4.78 is 18.7. The van der Waals surface area contributed by atoms with Gasteiger partial charge < -0.3 is 15.0 Å². The van der Waals surface area contributed by atoms with E-state index < -0.39 is 0 Å². The van der Waals surface area contributed by atoms with Crippen LogP contribution < -0.4 is 10.1 Å². The zero-order valence-electron chi connectivity index (χ0n) is 15.2. The molecular weight excluding hydrogens is 357 g/mol. The number of fused-ring (bicyclic) bond motifs is 1. The molecule has 5 nitrogen and oxygen atoms in total. The standard InChI is InChI=1S/C22H18FN3O2/c1-28-17-6-7-18-19(13-21(27)25-16-8-10-24-11-9-16)22(26-20(18)12-17)14-2-4-15(23)5-3-14/h2-12,26H,13H2,1H3,(H,24,25,27). The lowest BCUT2D eigenvalue weighted by molar-refractivity contribution is -0.115. The van der Waals surface area contributed by atoms with Crippen LogP contribution in [0, 0.1) is 5.82 Å². The predicted octanol–water partition coefficient (Wildman–Crippen LogP) is 4.56. The van der Waals surface area contributed by atoms with Gasteiger partial charge >= 0.3 is 0 Å². The molecule has 0 aliphatic carbocycles. The van der Waals surface area contributed by atoms with Crippen molar-refractivity contribution in [2.24, 2.45) is 0 Å². The number of H-pyrrole nitrogens is 1. The molecule has 0 bridgehead atoms. The number of halogens is 1. The molecule has 0 unspecified atom stereocenters. The molecule has 0 aliphatic heterocycles. The van der Waals surface area contributed by atoms with Crippen LogP contribution in [0.2, 0.25) is 0 Å². The normalized spacial score (nSPS) is 10.8. The van der Waals surface area contributed by atoms with Crippen LogP contribution in [-0.2, 0) is 11.2 Å². The monoisotopic (exact) mass is 375 g/mol. The van der Waals surface area contributed by atoms with E-state index in [0.717, 1.165) is 27.7 Å². The first-order chi connectivity index (χ1) is 13.6. The molecule has 4 rings (SSSR count). The zero-order valence-corrected chi connectivity index (χ0v) is 15.2. The Bertz CT molecular complexity index is 1120. The molecule has 28 heavy (non-hydrogen) atoms. The largest absolute Gasteiger partial charge is 0.497 e. The first-order valence-corrected chi connectivity index (χ1v) is 8.78. The second kappa shape index (κ2) is 7.52. The van der Waals surface area contributed by atoms with Gasteiger partial charge in [-0.25, -0.2) is 4.39 Å². The van der Waals surface area contributed by atoms with Crippen LogP contribution in [0.15, 0.2) is 67.0 Å². The van der Waals surface area contributed by atoms with Gasteiger partial charge in [0.2, 0.25) is 5.91 Å². The van der Waals surface area contributed by atoms with Gasteiger partial charge in [0.05, 0.1) is 19.2 Å². The number of ether oxygens (including phenoxy) is 1. The molecular formula is C22H18FN3O2. The van der Waals surface area contributed by atoms with Crippen LogP contribution >= 0.6 is 0 Å². The minimum absolute atomic E-state index is 0.147. The van der Waals surface area contributed by atoms with Crippen molar-refractivity contribution in [2.75, 3.05) is 12.4 Å². The molecule has 140 valence electrons. The van der Waals surface area contributed by atoms with E-state index in [1.54, 1.807) is 43.8 Å². The molecule has 2 aromatic carbocycles. The van der Waals surface area contributed by atoms with Gasteiger partial charge in [0.1, 0.15) is 11.6 Å². The van der Waals surface area contributed by atoms with E-state index in [1.165, 1.54) is 12.1 Å². The van der Waals surface area contributed by atoms with Crippen molar-refractivity contribution in [3.63, 3.8) is 0 Å². The second-order valence-electron chi connectivity index (χ2n) is 6.36. The van der Waals surface area contributed by atoms with Gasteiger partial charge in [-0.3, -0.25) is 9.78 Å². The summed E-state index contributed by atoms with van der Waals surface area (Å²) in [7, 11) is 1.61. The molecule has 6 heteroatoms. The molecule has 0 radical (unpaired) electrons. The number of nitrogens with zero attached hydrogens (tertiary/aromatic N) is 1. The number of pyridine rings is 1. The third-order valence-corrected chi connectivity index (χ3v) is 4.55. The summed E-state index contributed by atoms with van der Waals surface area (Å²) in [6.45, 7) is 0. The summed E-state index contributed by atoms with van der Waals surface area (Å²) in [5.41, 5.74) is 3.97. The van der Waals surface area contributed by atoms with Gasteiger partial charge in [0.25, 0.3) is 0 Å². The summed E-state index contributed by atoms with van der Waals surface area (Å²) in [6, 6.07) is 15.3. The minimum atomic E-state index is -0.307. The summed E-state index contributed by atoms with van der Waals surface area (Å²) >= 11 is 0. The average Bonchev–Trinajstić information content (AvgIpc) is 3.06. The quantitative estimate of drug-likeness (QED) is 0.537. The Morgan fingerprint density at radius 2 is 1.86 bits per heavy atom. The Hall–Kier alpha value is -3.67. The number of aromatic nitrogens is 2. The highest BCUT2D eigenvalue weighted by Gasteiger charge is 2.17. The lowest BCUT2D eigenvalue weighted by Gasteiger charge is -2.07. The number of hydrogen-bond donors (Lipinski definition) is 2. The number of carbonyl (C=O) groups is 1. The number of rotatable bonds is 5. The van der Waals surface area contributed by atoms with E-state index in [1.807, 2.05) is 18.2 Å². The Labute approximate surface area is 161 Å². The van der Waals surface area contributed by atoms with E-state index in [9.17, 15) is 9.18 Å². The van der Waals surface area contributed by atoms with Gasteiger partial charge in [-0.2, -0.15) is 0 Å². The first-order valence-electron chi connectivity index (χ1n) is 8.78. The van der Waals surface area contributed by atoms with Crippen molar-refractivity contribution in [1.29, 1.82) is 0 Å². The second-order valence-corrected chi connectivity index (χ2v) is 6.36. The fourth-order valence-corrected chi connectivity index (χ4v) is 3.21. The predicted molar refractivity (Wildman–Crippen MR) is 107 cm³/mol. The highest BCUT2D eigenvalue weighted by atomic mass is 19.1. The summed E-state index contributed by atoms with van der Waals surface area (Å²) in [6.07, 6.45) is 3.41. The number of anilines is 1. The molecule has 0 saturated carbocycles. The van der Waals surface area contributed by atoms with Crippen LogP contribution in [0.4, 0.5) is 10.1 Å². The molecule has 1 amide bonds. The summed E-state index contributed by atoms with van der Waals surface area (Å²) in [5.74, 6) is 0.261. The van der Waals surface area contributed by atoms with Crippen molar-refractivity contribution in [2.45, 2.75) is 6.42 Å². The number of methoxy groups -OCH3 is 1. The maximum Gasteiger partial charge on any atom is 0.228 e. The lowest BCUT2D eigenvalue weighted by atomic mass is 10.0. The van der Waals surface area contributed by atoms with E-state index in [0.29, 0.717) is 11.4 Å². The minimum Gasteiger partial charge on any atom is -0.497 e. The van der Waals surface area contributed by atoms with Crippen molar-refractivity contribution >= 4 is 22.5 Å². The number of carbonyl (C=O) groups excluding carboxylic acids is 1. The number of amides is 1. The highest BCUT2D eigenvalue weighted by Crippen LogP contribution is 2.33. The fourth-order valence-electron chi connectivity index (χ4n) is 3.21. The molecule has 2 aromatic heterocycles. The SMILES string of the molecule is COc1ccc2c(CC(=O)Nc3ccncc3)c(-c3ccc(F)cc3)[nH]c2c1. The van der Waals surface area contributed by atoms with Gasteiger partial charge in [-0.1, -0.05) is 0 Å². The summed E-state index contributed by atoms with van der Waals surface area (Å²) in [4.78, 5) is 20.0. The topological polar surface area (TPSA) is 67.0 Å². The highest BCUT2D eigenvalue weighted by molar-refractivity contribution is 5.99. The Kier molecular flexibility index (Phi) is 4.76. The Morgan fingerprint density at radius 1 is 1.11 bits per heavy atom. The zero-order chi connectivity index (χ0) is 19.5. The van der Waals surface area contributed by atoms with Crippen LogP contribution in [0.5, 0.6) is 5.75 Å². The lowest BCUT2D eigenvalue weighted by Crippen LogP contribution is -2.14. The molecule has 0 atom stereocenters. The number of nitrogens with one attached hydrogen (secondary N) is 2. The van der Waals surface area contributed by atoms with Crippen molar-refractivity contribution in [3.8, 4) is 17.0 Å². The van der Waals surface area contributed by atoms with Gasteiger partial charge in [0.15, 0.2) is 0 Å². The first kappa shape index (κ1) is 17.7. The fraction of sp³-hybridized carbons (Fsp3) is 0.0909. The van der Waals surface area contributed by atoms with Crippen molar-refractivity contribution in [1.82, 2.24) is 9.97 Å². The smallest absolute Gasteiger partial charge is 0.228 e. The number of aromatic amines is 1.